The van der Waals surface area contributed by atoms with Crippen LogP contribution in [0.15, 0.2) is 40.0 Å². The van der Waals surface area contributed by atoms with Gasteiger partial charge >= 0.3 is 6.18 Å². The highest BCUT2D eigenvalue weighted by Gasteiger charge is 2.36. The second-order valence-electron chi connectivity index (χ2n) is 8.01. The van der Waals surface area contributed by atoms with Gasteiger partial charge in [-0.05, 0) is 37.3 Å². The number of aromatic nitrogens is 4. The van der Waals surface area contributed by atoms with Crippen molar-refractivity contribution < 1.29 is 34.8 Å². The van der Waals surface area contributed by atoms with Crippen molar-refractivity contribution in [2.75, 3.05) is 5.75 Å². The molecular formula is C23H18F6N4O3S. The Hall–Kier alpha value is -3.68. The summed E-state index contributed by atoms with van der Waals surface area (Å²) in [6.45, 7) is 2.41. The summed E-state index contributed by atoms with van der Waals surface area (Å²) >= 11 is 0. The number of fused-ring (bicyclic) bond motifs is 1. The first-order valence-corrected chi connectivity index (χ1v) is 12.4. The van der Waals surface area contributed by atoms with Crippen molar-refractivity contribution in [3.63, 3.8) is 0 Å². The Morgan fingerprint density at radius 3 is 2.14 bits per heavy atom. The van der Waals surface area contributed by atoms with E-state index in [1.165, 1.54) is 20.9 Å². The summed E-state index contributed by atoms with van der Waals surface area (Å²) in [6.07, 6.45) is -4.87. The number of halogens is 6. The first-order valence-electron chi connectivity index (χ1n) is 10.8. The number of alkyl halides is 3. The standard InChI is InChI=1S/C23H18F6N4O3S/c1-4-33-17(23(27,28)29)10-15-20(22(33)34)32(3)21(31-15)19-16(37(35,36)5-2)7-6-14(30-19)11-8-12(24)18(26)13(25)9-11/h6-10H,4-5H2,1-3H3. The summed E-state index contributed by atoms with van der Waals surface area (Å²) in [5, 5.41) is 0. The van der Waals surface area contributed by atoms with E-state index in [9.17, 15) is 39.6 Å². The van der Waals surface area contributed by atoms with Crippen LogP contribution in [-0.2, 0) is 29.6 Å². The summed E-state index contributed by atoms with van der Waals surface area (Å²) in [5.41, 5.74) is -3.60. The zero-order chi connectivity index (χ0) is 27.4. The molecule has 0 saturated heterocycles. The average Bonchev–Trinajstić information content (AvgIpc) is 3.17. The SMILES string of the molecule is CCn1c(C(F)(F)F)cc2nc(-c3nc(-c4cc(F)c(F)c(F)c4)ccc3S(=O)(=O)CC)n(C)c2c1=O. The Balaban J connectivity index is 2.08. The van der Waals surface area contributed by atoms with Crippen LogP contribution in [0.3, 0.4) is 0 Å². The van der Waals surface area contributed by atoms with Gasteiger partial charge in [0.1, 0.15) is 16.9 Å². The molecule has 1 aromatic carbocycles. The van der Waals surface area contributed by atoms with Gasteiger partial charge in [0.05, 0.1) is 21.9 Å². The molecular weight excluding hydrogens is 526 g/mol. The fourth-order valence-electron chi connectivity index (χ4n) is 3.96. The van der Waals surface area contributed by atoms with Crippen LogP contribution in [0.25, 0.3) is 33.8 Å². The first-order chi connectivity index (χ1) is 17.2. The Labute approximate surface area is 205 Å². The zero-order valence-electron chi connectivity index (χ0n) is 19.5. The molecule has 0 aliphatic carbocycles. The highest BCUT2D eigenvalue weighted by Crippen LogP contribution is 2.34. The van der Waals surface area contributed by atoms with Crippen molar-refractivity contribution in [3.8, 4) is 22.8 Å². The van der Waals surface area contributed by atoms with Gasteiger partial charge in [-0.2, -0.15) is 13.2 Å². The van der Waals surface area contributed by atoms with Crippen LogP contribution in [0.4, 0.5) is 26.3 Å². The molecule has 0 aliphatic rings. The van der Waals surface area contributed by atoms with Gasteiger partial charge in [-0.1, -0.05) is 6.92 Å². The molecule has 3 heterocycles. The molecule has 196 valence electrons. The summed E-state index contributed by atoms with van der Waals surface area (Å²) in [4.78, 5) is 20.9. The minimum atomic E-state index is -4.87. The maximum atomic E-state index is 13.8. The molecule has 0 spiro atoms. The molecule has 4 rings (SSSR count). The maximum Gasteiger partial charge on any atom is 0.431 e. The van der Waals surface area contributed by atoms with Gasteiger partial charge in [0, 0.05) is 19.2 Å². The average molecular weight is 544 g/mol. The van der Waals surface area contributed by atoms with Crippen LogP contribution >= 0.6 is 0 Å². The van der Waals surface area contributed by atoms with Gasteiger partial charge in [0.15, 0.2) is 33.1 Å². The highest BCUT2D eigenvalue weighted by atomic mass is 32.2. The second-order valence-corrected chi connectivity index (χ2v) is 10.3. The van der Waals surface area contributed by atoms with E-state index in [0.717, 1.165) is 16.7 Å². The summed E-state index contributed by atoms with van der Waals surface area (Å²) in [6, 6.07) is 4.23. The fourth-order valence-corrected chi connectivity index (χ4v) is 4.97. The van der Waals surface area contributed by atoms with E-state index in [1.807, 2.05) is 0 Å². The first kappa shape index (κ1) is 26.4. The molecule has 7 nitrogen and oxygen atoms in total. The largest absolute Gasteiger partial charge is 0.431 e. The van der Waals surface area contributed by atoms with Gasteiger partial charge in [0.2, 0.25) is 0 Å². The number of nitrogens with zero attached hydrogens (tertiary/aromatic N) is 4. The zero-order valence-corrected chi connectivity index (χ0v) is 20.3. The smallest absolute Gasteiger partial charge is 0.321 e. The van der Waals surface area contributed by atoms with Crippen molar-refractivity contribution in [3.05, 3.63) is 63.8 Å². The number of sulfone groups is 1. The number of aryl methyl sites for hydroxylation is 1. The van der Waals surface area contributed by atoms with Crippen LogP contribution in [0.5, 0.6) is 0 Å². The third-order valence-corrected chi connectivity index (χ3v) is 7.57. The Morgan fingerprint density at radius 1 is 0.973 bits per heavy atom. The van der Waals surface area contributed by atoms with E-state index >= 15 is 0 Å². The predicted octanol–water partition coefficient (Wildman–Crippen LogP) is 4.71. The van der Waals surface area contributed by atoms with Crippen LogP contribution < -0.4 is 5.56 Å². The topological polar surface area (TPSA) is 86.8 Å². The van der Waals surface area contributed by atoms with Crippen LogP contribution in [0, 0.1) is 17.5 Å². The quantitative estimate of drug-likeness (QED) is 0.268. The third-order valence-electron chi connectivity index (χ3n) is 5.81. The monoisotopic (exact) mass is 544 g/mol. The van der Waals surface area contributed by atoms with E-state index in [0.29, 0.717) is 22.8 Å². The molecule has 0 saturated carbocycles. The minimum absolute atomic E-state index is 0.170. The summed E-state index contributed by atoms with van der Waals surface area (Å²) in [7, 11) is -2.70. The van der Waals surface area contributed by atoms with Crippen molar-refractivity contribution in [1.29, 1.82) is 0 Å². The number of rotatable bonds is 5. The molecule has 14 heteroatoms. The number of benzene rings is 1. The van der Waals surface area contributed by atoms with Crippen molar-refractivity contribution in [2.24, 2.45) is 7.05 Å². The van der Waals surface area contributed by atoms with Gasteiger partial charge < -0.3 is 9.13 Å². The normalized spacial score (nSPS) is 12.5. The Kier molecular flexibility index (Phi) is 6.42. The van der Waals surface area contributed by atoms with E-state index in [1.54, 1.807) is 0 Å². The number of hydrogen-bond acceptors (Lipinski definition) is 5. The maximum absolute atomic E-state index is 13.8. The third kappa shape index (κ3) is 4.38. The van der Waals surface area contributed by atoms with Crippen LogP contribution in [-0.4, -0.2) is 33.3 Å². The predicted molar refractivity (Wildman–Crippen MR) is 122 cm³/mol. The molecule has 0 atom stereocenters. The molecule has 0 amide bonds. The Bertz CT molecular complexity index is 1700. The second kappa shape index (κ2) is 9.01. The molecule has 0 unspecified atom stereocenters. The van der Waals surface area contributed by atoms with Crippen LogP contribution in [0.1, 0.15) is 19.5 Å². The van der Waals surface area contributed by atoms with E-state index in [2.05, 4.69) is 9.97 Å². The summed E-state index contributed by atoms with van der Waals surface area (Å²) in [5.74, 6) is -5.38. The molecule has 0 bridgehead atoms. The molecule has 0 radical (unpaired) electrons. The van der Waals surface area contributed by atoms with Crippen molar-refractivity contribution >= 4 is 20.9 Å². The lowest BCUT2D eigenvalue weighted by Gasteiger charge is -2.14. The number of pyridine rings is 2. The lowest BCUT2D eigenvalue weighted by molar-refractivity contribution is -0.144. The van der Waals surface area contributed by atoms with Gasteiger partial charge in [-0.15, -0.1) is 0 Å². The molecule has 0 fully saturated rings. The molecule has 0 N–H and O–H groups in total. The van der Waals surface area contributed by atoms with Gasteiger partial charge in [-0.25, -0.2) is 31.6 Å². The minimum Gasteiger partial charge on any atom is -0.321 e. The fraction of sp³-hybridized carbons (Fsp3) is 0.261. The van der Waals surface area contributed by atoms with Gasteiger partial charge in [-0.3, -0.25) is 4.79 Å². The lowest BCUT2D eigenvalue weighted by atomic mass is 10.1. The summed E-state index contributed by atoms with van der Waals surface area (Å²) < 4.78 is 109. The number of hydrogen-bond donors (Lipinski definition) is 0. The Morgan fingerprint density at radius 2 is 1.59 bits per heavy atom. The lowest BCUT2D eigenvalue weighted by Crippen LogP contribution is -2.28. The number of imidazole rings is 1. The van der Waals surface area contributed by atoms with E-state index in [4.69, 9.17) is 0 Å². The van der Waals surface area contributed by atoms with E-state index in [-0.39, 0.29) is 51.0 Å². The molecule has 0 aliphatic heterocycles. The molecule has 4 aromatic rings. The highest BCUT2D eigenvalue weighted by molar-refractivity contribution is 7.91. The van der Waals surface area contributed by atoms with E-state index < -0.39 is 44.7 Å². The van der Waals surface area contributed by atoms with Gasteiger partial charge in [0.25, 0.3) is 5.56 Å². The molecule has 37 heavy (non-hydrogen) atoms. The molecule has 3 aromatic heterocycles. The van der Waals surface area contributed by atoms with Crippen molar-refractivity contribution in [2.45, 2.75) is 31.5 Å². The van der Waals surface area contributed by atoms with Crippen molar-refractivity contribution in [1.82, 2.24) is 19.1 Å². The van der Waals surface area contributed by atoms with Crippen LogP contribution in [0.2, 0.25) is 0 Å².